The summed E-state index contributed by atoms with van der Waals surface area (Å²) in [6.07, 6.45) is 1.62. The fraction of sp³-hybridized carbons (Fsp3) is 0.174. The minimum atomic E-state index is -0.505. The number of fused-ring (bicyclic) bond motifs is 2. The van der Waals surface area contributed by atoms with Crippen molar-refractivity contribution in [3.05, 3.63) is 69.0 Å². The Bertz CT molecular complexity index is 1450. The maximum absolute atomic E-state index is 12.8. The molecule has 3 heterocycles. The number of aromatic nitrogens is 2. The van der Waals surface area contributed by atoms with Gasteiger partial charge in [-0.1, -0.05) is 24.3 Å². The van der Waals surface area contributed by atoms with Crippen molar-refractivity contribution < 1.29 is 23.9 Å². The Hall–Kier alpha value is -4.12. The predicted molar refractivity (Wildman–Crippen MR) is 125 cm³/mol. The Morgan fingerprint density at radius 1 is 1.12 bits per heavy atom. The number of carbonyl (C=O) groups is 3. The van der Waals surface area contributed by atoms with Crippen molar-refractivity contribution in [1.29, 1.82) is 0 Å². The number of nitrogens with zero attached hydrogens (tertiary/aromatic N) is 3. The van der Waals surface area contributed by atoms with Crippen molar-refractivity contribution in [1.82, 2.24) is 20.0 Å². The van der Waals surface area contributed by atoms with E-state index >= 15 is 0 Å². The number of carbonyl (C=O) groups excluding carboxylic acids is 3. The Morgan fingerprint density at radius 3 is 2.71 bits per heavy atom. The molecule has 0 saturated carbocycles. The van der Waals surface area contributed by atoms with Crippen LogP contribution in [0.3, 0.4) is 0 Å². The summed E-state index contributed by atoms with van der Waals surface area (Å²) in [5, 5.41) is 7.14. The fourth-order valence-corrected chi connectivity index (χ4v) is 4.54. The molecular weight excluding hydrogens is 460 g/mol. The van der Waals surface area contributed by atoms with Crippen LogP contribution in [0.4, 0.5) is 4.79 Å². The van der Waals surface area contributed by atoms with Gasteiger partial charge in [0.05, 0.1) is 10.3 Å². The van der Waals surface area contributed by atoms with E-state index in [-0.39, 0.29) is 36.0 Å². The normalized spacial score (nSPS) is 16.0. The zero-order valence-corrected chi connectivity index (χ0v) is 18.8. The van der Waals surface area contributed by atoms with Gasteiger partial charge in [-0.25, -0.2) is 4.68 Å². The van der Waals surface area contributed by atoms with E-state index in [0.29, 0.717) is 27.8 Å². The molecule has 3 aromatic rings. The smallest absolute Gasteiger partial charge is 0.293 e. The average Bonchev–Trinajstić information content (AvgIpc) is 3.40. The van der Waals surface area contributed by atoms with Crippen LogP contribution in [0.15, 0.2) is 52.2 Å². The van der Waals surface area contributed by atoms with Crippen molar-refractivity contribution in [2.24, 2.45) is 7.05 Å². The van der Waals surface area contributed by atoms with Crippen molar-refractivity contribution in [2.75, 3.05) is 19.9 Å². The molecule has 172 valence electrons. The van der Waals surface area contributed by atoms with Gasteiger partial charge in [-0.05, 0) is 41.6 Å². The summed E-state index contributed by atoms with van der Waals surface area (Å²) in [7, 11) is 1.47. The second kappa shape index (κ2) is 8.67. The average molecular weight is 478 g/mol. The van der Waals surface area contributed by atoms with E-state index in [1.807, 2.05) is 0 Å². The third kappa shape index (κ3) is 3.90. The third-order valence-electron chi connectivity index (χ3n) is 5.36. The highest BCUT2D eigenvalue weighted by Crippen LogP contribution is 2.36. The number of aryl methyl sites for hydroxylation is 1. The highest BCUT2D eigenvalue weighted by atomic mass is 32.2. The largest absolute Gasteiger partial charge is 0.454 e. The third-order valence-corrected chi connectivity index (χ3v) is 6.27. The molecule has 1 aromatic heterocycles. The first-order chi connectivity index (χ1) is 16.4. The molecule has 0 bridgehead atoms. The first-order valence-corrected chi connectivity index (χ1v) is 11.1. The number of rotatable bonds is 5. The molecule has 2 aliphatic rings. The van der Waals surface area contributed by atoms with Crippen LogP contribution in [-0.4, -0.2) is 51.6 Å². The number of benzene rings is 2. The highest BCUT2D eigenvalue weighted by Gasteiger charge is 2.34. The Labute approximate surface area is 197 Å². The molecule has 5 rings (SSSR count). The van der Waals surface area contributed by atoms with E-state index in [0.717, 1.165) is 21.3 Å². The molecule has 11 heteroatoms. The second-order valence-corrected chi connectivity index (χ2v) is 8.52. The van der Waals surface area contributed by atoms with Crippen LogP contribution in [0.25, 0.3) is 16.8 Å². The van der Waals surface area contributed by atoms with Crippen molar-refractivity contribution in [3.63, 3.8) is 0 Å². The summed E-state index contributed by atoms with van der Waals surface area (Å²) in [5.41, 5.74) is 0.490. The van der Waals surface area contributed by atoms with E-state index < -0.39 is 17.1 Å². The van der Waals surface area contributed by atoms with Gasteiger partial charge in [-0.15, -0.1) is 0 Å². The maximum atomic E-state index is 12.8. The van der Waals surface area contributed by atoms with Gasteiger partial charge in [-0.3, -0.25) is 24.1 Å². The minimum absolute atomic E-state index is 0.00141. The van der Waals surface area contributed by atoms with Crippen LogP contribution in [0, 0.1) is 0 Å². The molecular formula is C23H18N4O6S. The maximum Gasteiger partial charge on any atom is 0.293 e. The predicted octanol–water partition coefficient (Wildman–Crippen LogP) is 2.13. The van der Waals surface area contributed by atoms with Crippen LogP contribution in [0.5, 0.6) is 11.5 Å². The van der Waals surface area contributed by atoms with Crippen molar-refractivity contribution in [3.8, 4) is 11.5 Å². The van der Waals surface area contributed by atoms with Crippen LogP contribution < -0.4 is 20.3 Å². The molecule has 2 aromatic carbocycles. The molecule has 1 fully saturated rings. The number of thioether (sulfide) groups is 1. The summed E-state index contributed by atoms with van der Waals surface area (Å²) in [6.45, 7) is 0.178. The van der Waals surface area contributed by atoms with Gasteiger partial charge in [0.1, 0.15) is 0 Å². The molecule has 1 saturated heterocycles. The molecule has 2 aliphatic heterocycles. The first kappa shape index (κ1) is 21.7. The number of imide groups is 1. The number of hydrogen-bond acceptors (Lipinski definition) is 8. The molecule has 3 amide bonds. The van der Waals surface area contributed by atoms with Crippen LogP contribution in [0.1, 0.15) is 16.1 Å². The highest BCUT2D eigenvalue weighted by molar-refractivity contribution is 8.18. The summed E-state index contributed by atoms with van der Waals surface area (Å²) in [4.78, 5) is 51.5. The van der Waals surface area contributed by atoms with Gasteiger partial charge < -0.3 is 14.8 Å². The standard InChI is InChI=1S/C23H18N4O6S/c1-26-21(29)15-5-3-2-4-14(15)19(25-26)20(28)24-8-9-27-22(30)18(34-23(27)31)11-13-6-7-16-17(10-13)33-12-32-16/h2-7,10-11H,8-9,12H2,1H3,(H,24,28)/b18-11-. The lowest BCUT2D eigenvalue weighted by atomic mass is 10.1. The fourth-order valence-electron chi connectivity index (χ4n) is 3.68. The van der Waals surface area contributed by atoms with E-state index in [9.17, 15) is 19.2 Å². The van der Waals surface area contributed by atoms with Gasteiger partial charge >= 0.3 is 0 Å². The van der Waals surface area contributed by atoms with Crippen molar-refractivity contribution >= 4 is 45.7 Å². The number of hydrogen-bond donors (Lipinski definition) is 1. The SMILES string of the molecule is Cn1nc(C(=O)NCCN2C(=O)S/C(=C\c3ccc4c(c3)OCO4)C2=O)c2ccccc2c1=O. The van der Waals surface area contributed by atoms with Gasteiger partial charge in [0.2, 0.25) is 6.79 Å². The monoisotopic (exact) mass is 478 g/mol. The zero-order valence-electron chi connectivity index (χ0n) is 17.9. The topological polar surface area (TPSA) is 120 Å². The van der Waals surface area contributed by atoms with Gasteiger partial charge in [0, 0.05) is 25.5 Å². The van der Waals surface area contributed by atoms with Crippen LogP contribution in [-0.2, 0) is 11.8 Å². The summed E-state index contributed by atoms with van der Waals surface area (Å²) < 4.78 is 11.7. The molecule has 0 spiro atoms. The lowest BCUT2D eigenvalue weighted by molar-refractivity contribution is -0.122. The molecule has 0 aliphatic carbocycles. The van der Waals surface area contributed by atoms with Crippen LogP contribution in [0.2, 0.25) is 0 Å². The van der Waals surface area contributed by atoms with E-state index in [4.69, 9.17) is 9.47 Å². The Morgan fingerprint density at radius 2 is 1.88 bits per heavy atom. The quantitative estimate of drug-likeness (QED) is 0.554. The molecule has 10 nitrogen and oxygen atoms in total. The van der Waals surface area contributed by atoms with Gasteiger partial charge in [0.15, 0.2) is 17.2 Å². The summed E-state index contributed by atoms with van der Waals surface area (Å²) >= 11 is 0.834. The minimum Gasteiger partial charge on any atom is -0.454 e. The number of amides is 3. The Kier molecular flexibility index (Phi) is 5.54. The van der Waals surface area contributed by atoms with E-state index in [1.54, 1.807) is 48.5 Å². The van der Waals surface area contributed by atoms with E-state index in [2.05, 4.69) is 10.4 Å². The van der Waals surface area contributed by atoms with E-state index in [1.165, 1.54) is 7.05 Å². The molecule has 0 atom stereocenters. The lowest BCUT2D eigenvalue weighted by Crippen LogP contribution is -2.38. The molecule has 1 N–H and O–H groups in total. The van der Waals surface area contributed by atoms with Gasteiger partial charge in [0.25, 0.3) is 22.6 Å². The lowest BCUT2D eigenvalue weighted by Gasteiger charge is -2.13. The molecule has 0 radical (unpaired) electrons. The zero-order chi connectivity index (χ0) is 23.8. The summed E-state index contributed by atoms with van der Waals surface area (Å²) in [6, 6.07) is 12.0. The van der Waals surface area contributed by atoms with Crippen LogP contribution >= 0.6 is 11.8 Å². The first-order valence-electron chi connectivity index (χ1n) is 10.3. The number of nitrogens with one attached hydrogen (secondary N) is 1. The molecule has 34 heavy (non-hydrogen) atoms. The van der Waals surface area contributed by atoms with Gasteiger partial charge in [-0.2, -0.15) is 5.10 Å². The number of ether oxygens (including phenoxy) is 2. The summed E-state index contributed by atoms with van der Waals surface area (Å²) in [5.74, 6) is 0.263. The van der Waals surface area contributed by atoms with Crippen molar-refractivity contribution in [2.45, 2.75) is 0 Å². The molecule has 0 unspecified atom stereocenters. The second-order valence-electron chi connectivity index (χ2n) is 7.52. The Balaban J connectivity index is 1.26.